The van der Waals surface area contributed by atoms with Gasteiger partial charge in [0.2, 0.25) is 5.91 Å². The van der Waals surface area contributed by atoms with Gasteiger partial charge in [-0.25, -0.2) is 9.78 Å². The Balaban J connectivity index is 2.35. The minimum Gasteiger partial charge on any atom is -0.497 e. The van der Waals surface area contributed by atoms with E-state index in [-0.39, 0.29) is 18.2 Å². The molecule has 2 rings (SSSR count). The summed E-state index contributed by atoms with van der Waals surface area (Å²) in [7, 11) is 1.58. The molecule has 1 heterocycles. The number of hydrogen-bond donors (Lipinski definition) is 0. The molecule has 1 amide bonds. The Bertz CT molecular complexity index is 682. The second kappa shape index (κ2) is 7.73. The second-order valence-electron chi connectivity index (χ2n) is 4.52. The summed E-state index contributed by atoms with van der Waals surface area (Å²) in [6.45, 7) is 3.79. The van der Waals surface area contributed by atoms with Crippen LogP contribution in [0, 0.1) is 0 Å². The topological polar surface area (TPSA) is 68.7 Å². The largest absolute Gasteiger partial charge is 0.497 e. The highest BCUT2D eigenvalue weighted by Crippen LogP contribution is 2.30. The number of ether oxygens (including phenoxy) is 2. The molecule has 0 atom stereocenters. The lowest BCUT2D eigenvalue weighted by atomic mass is 10.2. The Morgan fingerprint density at radius 2 is 1.91 bits per heavy atom. The van der Waals surface area contributed by atoms with Gasteiger partial charge in [0, 0.05) is 11.8 Å². The number of methoxy groups -OCH3 is 1. The molecule has 0 radical (unpaired) electrons. The maximum absolute atomic E-state index is 12.3. The summed E-state index contributed by atoms with van der Waals surface area (Å²) in [6, 6.07) is 7.09. The van der Waals surface area contributed by atoms with E-state index in [1.54, 1.807) is 50.6 Å². The molecule has 0 aliphatic rings. The molecule has 0 spiro atoms. The molecular formula is C16H18N2O4S. The van der Waals surface area contributed by atoms with Crippen molar-refractivity contribution in [2.24, 2.45) is 0 Å². The van der Waals surface area contributed by atoms with E-state index in [1.165, 1.54) is 16.2 Å². The van der Waals surface area contributed by atoms with Crippen molar-refractivity contribution in [1.29, 1.82) is 0 Å². The zero-order valence-electron chi connectivity index (χ0n) is 13.2. The van der Waals surface area contributed by atoms with E-state index in [4.69, 9.17) is 9.47 Å². The van der Waals surface area contributed by atoms with Gasteiger partial charge in [-0.2, -0.15) is 0 Å². The third-order valence-electron chi connectivity index (χ3n) is 3.05. The fraction of sp³-hybridized carbons (Fsp3) is 0.312. The second-order valence-corrected chi connectivity index (χ2v) is 5.35. The third kappa shape index (κ3) is 3.87. The van der Waals surface area contributed by atoms with Crippen LogP contribution in [0.1, 0.15) is 30.8 Å². The quantitative estimate of drug-likeness (QED) is 0.757. The number of amides is 1. The highest BCUT2D eigenvalue weighted by atomic mass is 32.1. The number of esters is 1. The number of hydrogen-bond acceptors (Lipinski definition) is 6. The standard InChI is InChI=1S/C16H18N2O4S/c1-4-14(19)18(11-6-8-12(21-3)9-7-11)16-17-13(10-23-16)15(20)22-5-2/h6-10H,4-5H2,1-3H3. The van der Waals surface area contributed by atoms with Gasteiger partial charge in [-0.15, -0.1) is 11.3 Å². The van der Waals surface area contributed by atoms with Gasteiger partial charge in [0.25, 0.3) is 0 Å². The lowest BCUT2D eigenvalue weighted by Crippen LogP contribution is -2.25. The van der Waals surface area contributed by atoms with Crippen LogP contribution >= 0.6 is 11.3 Å². The van der Waals surface area contributed by atoms with Crippen LogP contribution < -0.4 is 9.64 Å². The number of nitrogens with zero attached hydrogens (tertiary/aromatic N) is 2. The van der Waals surface area contributed by atoms with Crippen molar-refractivity contribution in [1.82, 2.24) is 4.98 Å². The SMILES string of the molecule is CCOC(=O)c1csc(N(C(=O)CC)c2ccc(OC)cc2)n1. The molecular weight excluding hydrogens is 316 g/mol. The van der Waals surface area contributed by atoms with Crippen molar-refractivity contribution in [2.45, 2.75) is 20.3 Å². The summed E-state index contributed by atoms with van der Waals surface area (Å²) in [5, 5.41) is 2.03. The van der Waals surface area contributed by atoms with Gasteiger partial charge in [-0.05, 0) is 31.2 Å². The van der Waals surface area contributed by atoms with Crippen LogP contribution in [0.5, 0.6) is 5.75 Å². The lowest BCUT2D eigenvalue weighted by molar-refractivity contribution is -0.117. The zero-order valence-corrected chi connectivity index (χ0v) is 14.1. The van der Waals surface area contributed by atoms with Gasteiger partial charge in [-0.3, -0.25) is 9.69 Å². The number of anilines is 2. The highest BCUT2D eigenvalue weighted by molar-refractivity contribution is 7.14. The van der Waals surface area contributed by atoms with Gasteiger partial charge in [0.1, 0.15) is 5.75 Å². The van der Waals surface area contributed by atoms with Gasteiger partial charge >= 0.3 is 5.97 Å². The van der Waals surface area contributed by atoms with E-state index < -0.39 is 5.97 Å². The molecule has 0 saturated carbocycles. The van der Waals surface area contributed by atoms with Crippen LogP contribution in [0.15, 0.2) is 29.6 Å². The molecule has 0 aliphatic heterocycles. The molecule has 122 valence electrons. The van der Waals surface area contributed by atoms with E-state index in [0.29, 0.717) is 23.0 Å². The van der Waals surface area contributed by atoms with Crippen LogP contribution in [0.3, 0.4) is 0 Å². The molecule has 6 nitrogen and oxygen atoms in total. The zero-order chi connectivity index (χ0) is 16.8. The van der Waals surface area contributed by atoms with E-state index in [9.17, 15) is 9.59 Å². The Labute approximate surface area is 138 Å². The van der Waals surface area contributed by atoms with Gasteiger partial charge < -0.3 is 9.47 Å². The predicted octanol–water partition coefficient (Wildman–Crippen LogP) is 3.40. The number of thiazole rings is 1. The average Bonchev–Trinajstić information content (AvgIpc) is 3.05. The Morgan fingerprint density at radius 3 is 2.48 bits per heavy atom. The summed E-state index contributed by atoms with van der Waals surface area (Å²) in [5.41, 5.74) is 0.872. The van der Waals surface area contributed by atoms with Crippen molar-refractivity contribution >= 4 is 34.0 Å². The molecule has 0 fully saturated rings. The maximum atomic E-state index is 12.3. The van der Waals surface area contributed by atoms with E-state index >= 15 is 0 Å². The first kappa shape index (κ1) is 17.0. The molecule has 0 bridgehead atoms. The molecule has 1 aromatic carbocycles. The normalized spacial score (nSPS) is 10.2. The van der Waals surface area contributed by atoms with Crippen molar-refractivity contribution in [3.63, 3.8) is 0 Å². The summed E-state index contributed by atoms with van der Waals surface area (Å²) >= 11 is 1.22. The van der Waals surface area contributed by atoms with Crippen molar-refractivity contribution in [2.75, 3.05) is 18.6 Å². The minimum absolute atomic E-state index is 0.111. The van der Waals surface area contributed by atoms with Crippen LogP contribution in [0.25, 0.3) is 0 Å². The van der Waals surface area contributed by atoms with Crippen molar-refractivity contribution < 1.29 is 19.1 Å². The molecule has 7 heteroatoms. The summed E-state index contributed by atoms with van der Waals surface area (Å²) < 4.78 is 10.1. The van der Waals surface area contributed by atoms with Crippen LogP contribution in [0.2, 0.25) is 0 Å². The summed E-state index contributed by atoms with van der Waals surface area (Å²) in [6.07, 6.45) is 0.320. The van der Waals surface area contributed by atoms with Gasteiger partial charge in [-0.1, -0.05) is 6.92 Å². The summed E-state index contributed by atoms with van der Waals surface area (Å²) in [5.74, 6) is 0.0950. The van der Waals surface area contributed by atoms with Crippen LogP contribution in [-0.4, -0.2) is 30.6 Å². The molecule has 0 saturated heterocycles. The third-order valence-corrected chi connectivity index (χ3v) is 3.88. The first-order chi connectivity index (χ1) is 11.1. The lowest BCUT2D eigenvalue weighted by Gasteiger charge is -2.19. The first-order valence-electron chi connectivity index (χ1n) is 7.20. The molecule has 2 aromatic rings. The number of aromatic nitrogens is 1. The average molecular weight is 334 g/mol. The fourth-order valence-corrected chi connectivity index (χ4v) is 2.75. The minimum atomic E-state index is -0.492. The number of carbonyl (C=O) groups is 2. The predicted molar refractivity (Wildman–Crippen MR) is 88.5 cm³/mol. The molecule has 0 aliphatic carbocycles. The van der Waals surface area contributed by atoms with E-state index in [0.717, 1.165) is 0 Å². The number of benzene rings is 1. The highest BCUT2D eigenvalue weighted by Gasteiger charge is 2.22. The Morgan fingerprint density at radius 1 is 1.22 bits per heavy atom. The molecule has 0 unspecified atom stereocenters. The molecule has 23 heavy (non-hydrogen) atoms. The monoisotopic (exact) mass is 334 g/mol. The van der Waals surface area contributed by atoms with Crippen molar-refractivity contribution in [3.8, 4) is 5.75 Å². The summed E-state index contributed by atoms with van der Waals surface area (Å²) in [4.78, 5) is 29.8. The van der Waals surface area contributed by atoms with Gasteiger partial charge in [0.15, 0.2) is 10.8 Å². The Kier molecular flexibility index (Phi) is 5.70. The molecule has 0 N–H and O–H groups in total. The van der Waals surface area contributed by atoms with Crippen molar-refractivity contribution in [3.05, 3.63) is 35.3 Å². The smallest absolute Gasteiger partial charge is 0.357 e. The fourth-order valence-electron chi connectivity index (χ4n) is 1.92. The molecule has 1 aromatic heterocycles. The van der Waals surface area contributed by atoms with Crippen LogP contribution in [0.4, 0.5) is 10.8 Å². The van der Waals surface area contributed by atoms with Gasteiger partial charge in [0.05, 0.1) is 19.4 Å². The first-order valence-corrected chi connectivity index (χ1v) is 8.08. The van der Waals surface area contributed by atoms with E-state index in [1.807, 2.05) is 0 Å². The Hall–Kier alpha value is -2.41. The van der Waals surface area contributed by atoms with E-state index in [2.05, 4.69) is 4.98 Å². The van der Waals surface area contributed by atoms with Crippen LogP contribution in [-0.2, 0) is 9.53 Å². The number of carbonyl (C=O) groups excluding carboxylic acids is 2. The number of rotatable bonds is 6. The maximum Gasteiger partial charge on any atom is 0.357 e.